The molecule has 0 spiro atoms. The maximum Gasteiger partial charge on any atom is 0.119 e. The van der Waals surface area contributed by atoms with Gasteiger partial charge in [0.15, 0.2) is 0 Å². The van der Waals surface area contributed by atoms with E-state index in [-0.39, 0.29) is 0 Å². The number of alkyl halides is 1. The summed E-state index contributed by atoms with van der Waals surface area (Å²) in [6.07, 6.45) is 0.863. The van der Waals surface area contributed by atoms with Gasteiger partial charge < -0.3 is 9.47 Å². The Morgan fingerprint density at radius 3 is 1.84 bits per heavy atom. The molecule has 0 aliphatic heterocycles. The standard InChI is InChI=1S/C16H17ClO2/c1-18-15-7-3-13(4-8-15)14-5-9-16(10-6-14)19-12-2-11-17/h3-10H,2,11-12H2,1H3. The van der Waals surface area contributed by atoms with Crippen LogP contribution >= 0.6 is 11.6 Å². The van der Waals surface area contributed by atoms with Crippen molar-refractivity contribution in [3.8, 4) is 22.6 Å². The zero-order chi connectivity index (χ0) is 13.5. The van der Waals surface area contributed by atoms with E-state index in [0.717, 1.165) is 29.0 Å². The van der Waals surface area contributed by atoms with Crippen molar-refractivity contribution in [2.24, 2.45) is 0 Å². The van der Waals surface area contributed by atoms with Crippen LogP contribution in [0, 0.1) is 0 Å². The second-order valence-corrected chi connectivity index (χ2v) is 4.52. The van der Waals surface area contributed by atoms with Crippen LogP contribution in [0.25, 0.3) is 11.1 Å². The fourth-order valence-corrected chi connectivity index (χ4v) is 1.88. The van der Waals surface area contributed by atoms with Crippen LogP contribution < -0.4 is 9.47 Å². The molecule has 2 aromatic rings. The number of halogens is 1. The van der Waals surface area contributed by atoms with Crippen LogP contribution in [0.15, 0.2) is 48.5 Å². The highest BCUT2D eigenvalue weighted by molar-refractivity contribution is 6.17. The van der Waals surface area contributed by atoms with Crippen molar-refractivity contribution in [1.82, 2.24) is 0 Å². The highest BCUT2D eigenvalue weighted by atomic mass is 35.5. The van der Waals surface area contributed by atoms with Gasteiger partial charge in [-0.15, -0.1) is 11.6 Å². The fourth-order valence-electron chi connectivity index (χ4n) is 1.77. The molecule has 2 aromatic carbocycles. The molecule has 19 heavy (non-hydrogen) atoms. The fraction of sp³-hybridized carbons (Fsp3) is 0.250. The monoisotopic (exact) mass is 276 g/mol. The molecule has 0 fully saturated rings. The Hall–Kier alpha value is -1.67. The highest BCUT2D eigenvalue weighted by Crippen LogP contribution is 2.24. The zero-order valence-corrected chi connectivity index (χ0v) is 11.7. The third kappa shape index (κ3) is 3.90. The SMILES string of the molecule is COc1ccc(-c2ccc(OCCCCl)cc2)cc1. The van der Waals surface area contributed by atoms with E-state index >= 15 is 0 Å². The maximum atomic E-state index is 5.61. The molecule has 0 unspecified atom stereocenters. The van der Waals surface area contributed by atoms with E-state index in [1.54, 1.807) is 7.11 Å². The molecule has 0 saturated carbocycles. The Balaban J connectivity index is 2.04. The zero-order valence-electron chi connectivity index (χ0n) is 10.9. The van der Waals surface area contributed by atoms with Gasteiger partial charge in [-0.2, -0.15) is 0 Å². The average molecular weight is 277 g/mol. The normalized spacial score (nSPS) is 10.2. The quantitative estimate of drug-likeness (QED) is 0.576. The van der Waals surface area contributed by atoms with Crippen LogP contribution in [0.4, 0.5) is 0 Å². The Kier molecular flexibility index (Phi) is 5.10. The molecule has 0 N–H and O–H groups in total. The summed E-state index contributed by atoms with van der Waals surface area (Å²) in [6, 6.07) is 16.1. The van der Waals surface area contributed by atoms with E-state index in [1.165, 1.54) is 0 Å². The van der Waals surface area contributed by atoms with Gasteiger partial charge in [-0.25, -0.2) is 0 Å². The summed E-state index contributed by atoms with van der Waals surface area (Å²) in [5.41, 5.74) is 2.32. The van der Waals surface area contributed by atoms with E-state index in [1.807, 2.05) is 36.4 Å². The van der Waals surface area contributed by atoms with Crippen molar-refractivity contribution in [3.05, 3.63) is 48.5 Å². The summed E-state index contributed by atoms with van der Waals surface area (Å²) in [6.45, 7) is 0.658. The molecule has 0 amide bonds. The molecule has 100 valence electrons. The lowest BCUT2D eigenvalue weighted by molar-refractivity contribution is 0.318. The first-order chi connectivity index (χ1) is 9.33. The molecule has 0 aliphatic rings. The van der Waals surface area contributed by atoms with E-state index in [4.69, 9.17) is 21.1 Å². The number of ether oxygens (including phenoxy) is 2. The van der Waals surface area contributed by atoms with Gasteiger partial charge in [0.05, 0.1) is 13.7 Å². The van der Waals surface area contributed by atoms with E-state index < -0.39 is 0 Å². The summed E-state index contributed by atoms with van der Waals surface area (Å²) in [4.78, 5) is 0. The number of rotatable bonds is 6. The lowest BCUT2D eigenvalue weighted by atomic mass is 10.1. The summed E-state index contributed by atoms with van der Waals surface area (Å²) in [5, 5.41) is 0. The van der Waals surface area contributed by atoms with Crippen molar-refractivity contribution in [3.63, 3.8) is 0 Å². The molecule has 0 aromatic heterocycles. The second kappa shape index (κ2) is 7.05. The molecular formula is C16H17ClO2. The van der Waals surface area contributed by atoms with E-state index in [2.05, 4.69) is 12.1 Å². The van der Waals surface area contributed by atoms with Gasteiger partial charge in [0, 0.05) is 5.88 Å². The van der Waals surface area contributed by atoms with Gasteiger partial charge in [0.25, 0.3) is 0 Å². The van der Waals surface area contributed by atoms with Crippen LogP contribution in [0.3, 0.4) is 0 Å². The molecule has 0 aliphatic carbocycles. The summed E-state index contributed by atoms with van der Waals surface area (Å²) in [7, 11) is 1.67. The molecular weight excluding hydrogens is 260 g/mol. The minimum absolute atomic E-state index is 0.629. The van der Waals surface area contributed by atoms with E-state index in [9.17, 15) is 0 Å². The molecule has 0 saturated heterocycles. The minimum Gasteiger partial charge on any atom is -0.497 e. The first-order valence-electron chi connectivity index (χ1n) is 6.27. The first kappa shape index (κ1) is 13.8. The van der Waals surface area contributed by atoms with Gasteiger partial charge in [0.2, 0.25) is 0 Å². The van der Waals surface area contributed by atoms with E-state index in [0.29, 0.717) is 12.5 Å². The molecule has 0 atom stereocenters. The van der Waals surface area contributed by atoms with Crippen molar-refractivity contribution < 1.29 is 9.47 Å². The summed E-state index contributed by atoms with van der Waals surface area (Å²) >= 11 is 5.61. The molecule has 3 heteroatoms. The molecule has 2 nitrogen and oxygen atoms in total. The van der Waals surface area contributed by atoms with Gasteiger partial charge in [-0.3, -0.25) is 0 Å². The molecule has 2 rings (SSSR count). The maximum absolute atomic E-state index is 5.61. The molecule has 0 bridgehead atoms. The van der Waals surface area contributed by atoms with Gasteiger partial charge in [-0.1, -0.05) is 24.3 Å². The third-order valence-electron chi connectivity index (χ3n) is 2.82. The van der Waals surface area contributed by atoms with Crippen LogP contribution in [-0.4, -0.2) is 19.6 Å². The van der Waals surface area contributed by atoms with Crippen molar-refractivity contribution in [2.45, 2.75) is 6.42 Å². The summed E-state index contributed by atoms with van der Waals surface area (Å²) < 4.78 is 10.7. The number of methoxy groups -OCH3 is 1. The topological polar surface area (TPSA) is 18.5 Å². The average Bonchev–Trinajstić information content (AvgIpc) is 2.48. The molecule has 0 radical (unpaired) electrons. The number of hydrogen-bond acceptors (Lipinski definition) is 2. The van der Waals surface area contributed by atoms with Crippen LogP contribution in [-0.2, 0) is 0 Å². The van der Waals surface area contributed by atoms with Crippen molar-refractivity contribution in [1.29, 1.82) is 0 Å². The number of hydrogen-bond donors (Lipinski definition) is 0. The predicted molar refractivity (Wildman–Crippen MR) is 79.3 cm³/mol. The van der Waals surface area contributed by atoms with Crippen molar-refractivity contribution >= 4 is 11.6 Å². The van der Waals surface area contributed by atoms with Gasteiger partial charge in [0.1, 0.15) is 11.5 Å². The Bertz CT molecular complexity index is 491. The number of benzene rings is 2. The first-order valence-corrected chi connectivity index (χ1v) is 6.80. The lowest BCUT2D eigenvalue weighted by Gasteiger charge is -2.07. The lowest BCUT2D eigenvalue weighted by Crippen LogP contribution is -1.97. The second-order valence-electron chi connectivity index (χ2n) is 4.14. The highest BCUT2D eigenvalue weighted by Gasteiger charge is 1.99. The largest absolute Gasteiger partial charge is 0.497 e. The van der Waals surface area contributed by atoms with Gasteiger partial charge >= 0.3 is 0 Å². The Labute approximate surface area is 118 Å². The van der Waals surface area contributed by atoms with Gasteiger partial charge in [-0.05, 0) is 41.8 Å². The minimum atomic E-state index is 0.629. The van der Waals surface area contributed by atoms with Crippen LogP contribution in [0.1, 0.15) is 6.42 Å². The molecule has 0 heterocycles. The van der Waals surface area contributed by atoms with Crippen molar-refractivity contribution in [2.75, 3.05) is 19.6 Å². The van der Waals surface area contributed by atoms with Crippen LogP contribution in [0.5, 0.6) is 11.5 Å². The smallest absolute Gasteiger partial charge is 0.119 e. The Morgan fingerprint density at radius 1 is 0.842 bits per heavy atom. The third-order valence-corrected chi connectivity index (χ3v) is 3.09. The predicted octanol–water partition coefficient (Wildman–Crippen LogP) is 4.37. The van der Waals surface area contributed by atoms with Crippen LogP contribution in [0.2, 0.25) is 0 Å². The Morgan fingerprint density at radius 2 is 1.37 bits per heavy atom. The summed E-state index contributed by atoms with van der Waals surface area (Å²) in [5.74, 6) is 2.37.